The second-order valence-electron chi connectivity index (χ2n) is 5.34. The van der Waals surface area contributed by atoms with Crippen LogP contribution in [0.3, 0.4) is 0 Å². The number of fused-ring (bicyclic) bond motifs is 1. The van der Waals surface area contributed by atoms with Gasteiger partial charge in [0.25, 0.3) is 6.47 Å². The van der Waals surface area contributed by atoms with Crippen LogP contribution in [0, 0.1) is 23.7 Å². The minimum atomic E-state index is -0.478. The van der Waals surface area contributed by atoms with Crippen molar-refractivity contribution in [1.82, 2.24) is 0 Å². The fraction of sp³-hybridized carbons (Fsp3) is 0.769. The molecule has 2 saturated carbocycles. The molecule has 1 saturated heterocycles. The van der Waals surface area contributed by atoms with Crippen molar-refractivity contribution < 1.29 is 33.3 Å². The van der Waals surface area contributed by atoms with E-state index < -0.39 is 5.92 Å². The van der Waals surface area contributed by atoms with Crippen LogP contribution >= 0.6 is 0 Å². The highest BCUT2D eigenvalue weighted by Crippen LogP contribution is 2.58. The van der Waals surface area contributed by atoms with Crippen LogP contribution in [0.2, 0.25) is 0 Å². The molecule has 7 nitrogen and oxygen atoms in total. The lowest BCUT2D eigenvalue weighted by molar-refractivity contribution is -0.154. The van der Waals surface area contributed by atoms with E-state index in [0.717, 1.165) is 6.42 Å². The molecule has 2 bridgehead atoms. The predicted octanol–water partition coefficient (Wildman–Crippen LogP) is -0.475. The molecule has 0 aromatic heterocycles. The zero-order valence-electron chi connectivity index (χ0n) is 11.0. The van der Waals surface area contributed by atoms with Gasteiger partial charge in [-0.15, -0.1) is 0 Å². The molecule has 7 heteroatoms. The van der Waals surface area contributed by atoms with Gasteiger partial charge in [0.2, 0.25) is 0 Å². The first-order valence-corrected chi connectivity index (χ1v) is 6.64. The Hall–Kier alpha value is -1.63. The summed E-state index contributed by atoms with van der Waals surface area (Å²) in [7, 11) is 1.32. The van der Waals surface area contributed by atoms with Crippen LogP contribution in [0.15, 0.2) is 0 Å². The number of hydrogen-bond acceptors (Lipinski definition) is 7. The molecule has 0 aromatic rings. The summed E-state index contributed by atoms with van der Waals surface area (Å²) in [6.07, 6.45) is 0.136. The number of esters is 2. The van der Waals surface area contributed by atoms with Gasteiger partial charge in [-0.05, 0) is 6.42 Å². The summed E-state index contributed by atoms with van der Waals surface area (Å²) in [6, 6.07) is 0. The van der Waals surface area contributed by atoms with Crippen molar-refractivity contribution in [2.45, 2.75) is 18.6 Å². The highest BCUT2D eigenvalue weighted by atomic mass is 16.6. The van der Waals surface area contributed by atoms with Crippen LogP contribution in [-0.4, -0.2) is 50.9 Å². The molecule has 3 rings (SSSR count). The van der Waals surface area contributed by atoms with Crippen molar-refractivity contribution in [1.29, 1.82) is 0 Å². The largest absolute Gasteiger partial charge is 0.469 e. The van der Waals surface area contributed by atoms with E-state index in [1.165, 1.54) is 7.11 Å². The van der Waals surface area contributed by atoms with Crippen molar-refractivity contribution in [3.05, 3.63) is 0 Å². The number of methoxy groups -OCH3 is 1. The summed E-state index contributed by atoms with van der Waals surface area (Å²) in [5.74, 6) is -1.60. The molecular weight excluding hydrogens is 268 g/mol. The van der Waals surface area contributed by atoms with E-state index in [0.29, 0.717) is 6.47 Å². The van der Waals surface area contributed by atoms with Crippen LogP contribution in [0.25, 0.3) is 0 Å². The van der Waals surface area contributed by atoms with Crippen molar-refractivity contribution in [3.63, 3.8) is 0 Å². The Morgan fingerprint density at radius 2 is 2.20 bits per heavy atom. The average Bonchev–Trinajstić information content (AvgIpc) is 3.05. The third kappa shape index (κ3) is 1.80. The van der Waals surface area contributed by atoms with Crippen molar-refractivity contribution >= 4 is 18.4 Å². The van der Waals surface area contributed by atoms with E-state index in [-0.39, 0.29) is 55.1 Å². The Bertz CT molecular complexity index is 434. The summed E-state index contributed by atoms with van der Waals surface area (Å²) in [6.45, 7) is 0.719. The van der Waals surface area contributed by atoms with Gasteiger partial charge in [-0.3, -0.25) is 14.4 Å². The molecule has 20 heavy (non-hydrogen) atoms. The fourth-order valence-corrected chi connectivity index (χ4v) is 3.95. The van der Waals surface area contributed by atoms with E-state index in [9.17, 15) is 14.4 Å². The molecule has 0 N–H and O–H groups in total. The van der Waals surface area contributed by atoms with Crippen molar-refractivity contribution in [2.75, 3.05) is 20.3 Å². The molecule has 3 fully saturated rings. The molecule has 1 heterocycles. The van der Waals surface area contributed by atoms with Gasteiger partial charge in [-0.25, -0.2) is 0 Å². The Morgan fingerprint density at radius 1 is 1.40 bits per heavy atom. The predicted molar refractivity (Wildman–Crippen MR) is 62.2 cm³/mol. The molecule has 110 valence electrons. The zero-order valence-corrected chi connectivity index (χ0v) is 11.0. The Balaban J connectivity index is 1.72. The molecule has 0 amide bonds. The highest BCUT2D eigenvalue weighted by molar-refractivity contribution is 5.86. The maximum Gasteiger partial charge on any atom is 0.310 e. The topological polar surface area (TPSA) is 88.1 Å². The first-order chi connectivity index (χ1) is 9.69. The number of ether oxygens (including phenoxy) is 4. The molecule has 0 spiro atoms. The van der Waals surface area contributed by atoms with Gasteiger partial charge in [0.15, 0.2) is 0 Å². The lowest BCUT2D eigenvalue weighted by Crippen LogP contribution is -2.43. The zero-order chi connectivity index (χ0) is 14.3. The van der Waals surface area contributed by atoms with Gasteiger partial charge in [-0.1, -0.05) is 0 Å². The van der Waals surface area contributed by atoms with E-state index in [2.05, 4.69) is 4.74 Å². The van der Waals surface area contributed by atoms with E-state index >= 15 is 0 Å². The molecule has 2 aliphatic carbocycles. The number of carbonyl (C=O) groups is 3. The summed E-state index contributed by atoms with van der Waals surface area (Å²) in [4.78, 5) is 33.9. The van der Waals surface area contributed by atoms with E-state index in [1.807, 2.05) is 0 Å². The van der Waals surface area contributed by atoms with Crippen molar-refractivity contribution in [2.24, 2.45) is 23.7 Å². The average molecular weight is 284 g/mol. The van der Waals surface area contributed by atoms with Crippen LogP contribution in [-0.2, 0) is 33.3 Å². The van der Waals surface area contributed by atoms with Crippen LogP contribution in [0.4, 0.5) is 0 Å². The number of hydrogen-bond donors (Lipinski definition) is 0. The van der Waals surface area contributed by atoms with Gasteiger partial charge in [-0.2, -0.15) is 0 Å². The molecule has 1 aliphatic heterocycles. The van der Waals surface area contributed by atoms with Gasteiger partial charge in [0.05, 0.1) is 31.7 Å². The van der Waals surface area contributed by atoms with Gasteiger partial charge >= 0.3 is 11.9 Å². The summed E-state index contributed by atoms with van der Waals surface area (Å²) in [5, 5.41) is 0. The second kappa shape index (κ2) is 5.05. The summed E-state index contributed by atoms with van der Waals surface area (Å²) < 4.78 is 20.4. The first kappa shape index (κ1) is 13.4. The molecular formula is C13H16O7. The molecule has 6 atom stereocenters. The second-order valence-corrected chi connectivity index (χ2v) is 5.34. The normalized spacial score (nSPS) is 40.5. The lowest BCUT2D eigenvalue weighted by Gasteiger charge is -2.30. The maximum absolute atomic E-state index is 11.9. The monoisotopic (exact) mass is 284 g/mol. The Kier molecular flexibility index (Phi) is 3.37. The van der Waals surface area contributed by atoms with Gasteiger partial charge < -0.3 is 18.9 Å². The Morgan fingerprint density at radius 3 is 2.90 bits per heavy atom. The third-order valence-corrected chi connectivity index (χ3v) is 4.60. The molecule has 0 radical (unpaired) electrons. The van der Waals surface area contributed by atoms with E-state index in [1.54, 1.807) is 0 Å². The van der Waals surface area contributed by atoms with Crippen molar-refractivity contribution in [3.8, 4) is 0 Å². The van der Waals surface area contributed by atoms with Crippen LogP contribution in [0.1, 0.15) is 6.42 Å². The number of rotatable bonds is 6. The smallest absolute Gasteiger partial charge is 0.310 e. The minimum Gasteiger partial charge on any atom is -0.469 e. The maximum atomic E-state index is 11.9. The van der Waals surface area contributed by atoms with Gasteiger partial charge in [0, 0.05) is 11.8 Å². The quantitative estimate of drug-likeness (QED) is 0.282. The molecule has 3 aliphatic rings. The van der Waals surface area contributed by atoms with Gasteiger partial charge in [0.1, 0.15) is 12.7 Å². The highest BCUT2D eigenvalue weighted by Gasteiger charge is 2.69. The summed E-state index contributed by atoms with van der Waals surface area (Å²) >= 11 is 0. The molecule has 6 unspecified atom stereocenters. The summed E-state index contributed by atoms with van der Waals surface area (Å²) in [5.41, 5.74) is 0. The van der Waals surface area contributed by atoms with Crippen LogP contribution < -0.4 is 0 Å². The van der Waals surface area contributed by atoms with E-state index in [4.69, 9.17) is 14.2 Å². The first-order valence-electron chi connectivity index (χ1n) is 6.64. The Labute approximate surface area is 115 Å². The molecule has 0 aromatic carbocycles. The fourth-order valence-electron chi connectivity index (χ4n) is 3.95. The minimum absolute atomic E-state index is 0.0357. The van der Waals surface area contributed by atoms with Crippen LogP contribution in [0.5, 0.6) is 0 Å². The SMILES string of the molecule is COC(=O)C1C2CC3C(OC(=O)C31)C2OCCOC=O. The number of carbonyl (C=O) groups excluding carboxylic acids is 3. The standard InChI is InChI=1S/C13H16O7/c1-17-12(15)8-6-4-7-9(8)13(16)20-11(7)10(6)19-3-2-18-5-14/h5-11H,2-4H2,1H3. The lowest BCUT2D eigenvalue weighted by atomic mass is 9.78. The third-order valence-electron chi connectivity index (χ3n) is 4.60.